The number of alkyl halides is 3. The molecule has 5 aliphatic rings. The van der Waals surface area contributed by atoms with E-state index in [9.17, 15) is 31.2 Å². The number of sulfonamides is 1. The number of nitrogens with two attached hydrogens (primary N) is 1. The molecule has 4 unspecified atom stereocenters. The molecule has 8 nitrogen and oxygen atoms in total. The summed E-state index contributed by atoms with van der Waals surface area (Å²) in [6, 6.07) is 1.90. The van der Waals surface area contributed by atoms with E-state index >= 15 is 0 Å². The van der Waals surface area contributed by atoms with Crippen LogP contribution in [0.5, 0.6) is 0 Å². The number of carbonyl (C=O) groups is 2. The van der Waals surface area contributed by atoms with Crippen molar-refractivity contribution >= 4 is 21.8 Å². The Labute approximate surface area is 188 Å². The summed E-state index contributed by atoms with van der Waals surface area (Å²) in [5.74, 6) is -0.319. The maximum Gasteiger partial charge on any atom is 0.433 e. The third-order valence-corrected chi connectivity index (χ3v) is 9.22. The van der Waals surface area contributed by atoms with E-state index in [-0.39, 0.29) is 36.1 Å². The number of carbonyl (C=O) groups excluding carboxylic acids is 2. The number of halogens is 3. The monoisotopic (exact) mass is 486 g/mol. The van der Waals surface area contributed by atoms with Crippen molar-refractivity contribution in [3.63, 3.8) is 0 Å². The quantitative estimate of drug-likeness (QED) is 0.562. The van der Waals surface area contributed by atoms with E-state index in [0.717, 1.165) is 31.4 Å². The molecule has 4 bridgehead atoms. The van der Waals surface area contributed by atoms with Crippen LogP contribution in [0.3, 0.4) is 0 Å². The largest absolute Gasteiger partial charge is 0.433 e. The van der Waals surface area contributed by atoms with Crippen LogP contribution in [0, 0.1) is 29.1 Å². The number of nitrogens with one attached hydrogen (secondary N) is 2. The van der Waals surface area contributed by atoms with E-state index in [2.05, 4.69) is 15.0 Å². The predicted molar refractivity (Wildman–Crippen MR) is 109 cm³/mol. The lowest BCUT2D eigenvalue weighted by atomic mass is 9.47. The van der Waals surface area contributed by atoms with Gasteiger partial charge >= 0.3 is 6.18 Å². The summed E-state index contributed by atoms with van der Waals surface area (Å²) >= 11 is 0. The molecule has 12 heteroatoms. The first-order valence-electron chi connectivity index (χ1n) is 11.0. The Morgan fingerprint density at radius 2 is 1.76 bits per heavy atom. The Hall–Kier alpha value is -2.21. The van der Waals surface area contributed by atoms with E-state index in [4.69, 9.17) is 5.73 Å². The van der Waals surface area contributed by atoms with Crippen LogP contribution in [0.2, 0.25) is 0 Å². The maximum absolute atomic E-state index is 12.9. The van der Waals surface area contributed by atoms with Gasteiger partial charge in [0.1, 0.15) is 5.69 Å². The molecule has 4 atom stereocenters. The molecule has 0 saturated heterocycles. The van der Waals surface area contributed by atoms with Crippen molar-refractivity contribution in [1.29, 1.82) is 0 Å². The van der Waals surface area contributed by atoms with Gasteiger partial charge in [-0.1, -0.05) is 6.07 Å². The minimum atomic E-state index is -4.76. The molecule has 180 valence electrons. The van der Waals surface area contributed by atoms with Gasteiger partial charge in [-0.05, 0) is 68.4 Å². The molecule has 5 aliphatic carbocycles. The van der Waals surface area contributed by atoms with Crippen LogP contribution in [-0.2, 0) is 25.8 Å². The van der Waals surface area contributed by atoms with Gasteiger partial charge in [-0.25, -0.2) is 18.1 Å². The second-order valence-electron chi connectivity index (χ2n) is 10.1. The average Bonchev–Trinajstić information content (AvgIpc) is 3.48. The third-order valence-electron chi connectivity index (χ3n) is 7.83. The maximum atomic E-state index is 12.9. The average molecular weight is 487 g/mol. The summed E-state index contributed by atoms with van der Waals surface area (Å²) in [6.45, 7) is 0. The van der Waals surface area contributed by atoms with Crippen LogP contribution in [0.4, 0.5) is 13.2 Å². The smallest absolute Gasteiger partial charge is 0.369 e. The van der Waals surface area contributed by atoms with Gasteiger partial charge in [-0.2, -0.15) is 13.2 Å². The Morgan fingerprint density at radius 1 is 1.09 bits per heavy atom. The Bertz CT molecular complexity index is 1090. The van der Waals surface area contributed by atoms with Crippen LogP contribution in [0.25, 0.3) is 0 Å². The van der Waals surface area contributed by atoms with Gasteiger partial charge in [0.05, 0.1) is 5.92 Å². The summed E-state index contributed by atoms with van der Waals surface area (Å²) in [6.07, 6.45) is -0.452. The van der Waals surface area contributed by atoms with Crippen molar-refractivity contribution < 1.29 is 31.2 Å². The topological polar surface area (TPSA) is 131 Å². The Balaban J connectivity index is 1.21. The van der Waals surface area contributed by atoms with Gasteiger partial charge in [0.2, 0.25) is 11.8 Å². The zero-order valence-corrected chi connectivity index (χ0v) is 18.5. The Morgan fingerprint density at radius 3 is 2.36 bits per heavy atom. The van der Waals surface area contributed by atoms with Crippen LogP contribution in [0.15, 0.2) is 23.2 Å². The number of amides is 2. The SMILES string of the molecule is NC(=O)C12CC3CC(C1)C(NC(=O)C1CC1NS(=O)(=O)c1cccc(C(F)(F)F)n1)C(C3)C2. The fourth-order valence-corrected chi connectivity index (χ4v) is 7.69. The van der Waals surface area contributed by atoms with Crippen LogP contribution in [-0.4, -0.2) is 37.3 Å². The molecule has 4 N–H and O–H groups in total. The standard InChI is InChI=1S/C21H25F3N4O4S/c22-21(23,24)15-2-1-3-16(26-15)33(31,32)28-14-6-13(14)18(29)27-17-11-4-10-5-12(17)9-20(7-10,8-11)19(25)30/h1-3,10-14,17,28H,4-9H2,(H2,25,30)(H,27,29). The van der Waals surface area contributed by atoms with Gasteiger partial charge in [-0.15, -0.1) is 0 Å². The zero-order valence-electron chi connectivity index (χ0n) is 17.6. The number of hydrogen-bond donors (Lipinski definition) is 3. The van der Waals surface area contributed by atoms with E-state index in [1.54, 1.807) is 0 Å². The molecule has 2 amide bonds. The summed E-state index contributed by atoms with van der Waals surface area (Å²) in [7, 11) is -4.31. The highest BCUT2D eigenvalue weighted by molar-refractivity contribution is 7.89. The van der Waals surface area contributed by atoms with Crippen LogP contribution >= 0.6 is 0 Å². The lowest BCUT2D eigenvalue weighted by molar-refractivity contribution is -0.147. The molecule has 0 spiro atoms. The highest BCUT2D eigenvalue weighted by atomic mass is 32.2. The molecule has 0 aromatic carbocycles. The van der Waals surface area contributed by atoms with Crippen molar-refractivity contribution in [1.82, 2.24) is 15.0 Å². The second kappa shape index (κ2) is 7.39. The number of rotatable bonds is 6. The van der Waals surface area contributed by atoms with Gasteiger partial charge in [0.25, 0.3) is 10.0 Å². The molecule has 5 saturated carbocycles. The summed E-state index contributed by atoms with van der Waals surface area (Å²) < 4.78 is 65.9. The highest BCUT2D eigenvalue weighted by Crippen LogP contribution is 2.60. The van der Waals surface area contributed by atoms with Crippen LogP contribution in [0.1, 0.15) is 44.2 Å². The molecule has 6 rings (SSSR count). The number of primary amides is 1. The van der Waals surface area contributed by atoms with E-state index in [1.807, 2.05) is 0 Å². The van der Waals surface area contributed by atoms with Gasteiger partial charge in [-0.3, -0.25) is 9.59 Å². The van der Waals surface area contributed by atoms with E-state index in [1.165, 1.54) is 0 Å². The fourth-order valence-electron chi connectivity index (χ4n) is 6.43. The highest BCUT2D eigenvalue weighted by Gasteiger charge is 2.58. The number of hydrogen-bond acceptors (Lipinski definition) is 5. The fraction of sp³-hybridized carbons (Fsp3) is 0.667. The molecule has 0 radical (unpaired) electrons. The first-order valence-corrected chi connectivity index (χ1v) is 12.5. The molecule has 5 fully saturated rings. The van der Waals surface area contributed by atoms with Crippen molar-refractivity contribution in [2.24, 2.45) is 34.8 Å². The molecule has 0 aliphatic heterocycles. The first-order chi connectivity index (χ1) is 15.4. The summed E-state index contributed by atoms with van der Waals surface area (Å²) in [5, 5.41) is 2.34. The Kier molecular flexibility index (Phi) is 5.06. The normalized spacial score (nSPS) is 37.1. The molecule has 1 aromatic rings. The second-order valence-corrected chi connectivity index (χ2v) is 11.7. The van der Waals surface area contributed by atoms with Gasteiger partial charge in [0.15, 0.2) is 5.03 Å². The minimum absolute atomic E-state index is 0.0653. The van der Waals surface area contributed by atoms with Crippen molar-refractivity contribution in [2.45, 2.75) is 61.8 Å². The van der Waals surface area contributed by atoms with E-state index in [0.29, 0.717) is 24.8 Å². The van der Waals surface area contributed by atoms with E-state index < -0.39 is 44.3 Å². The molecular weight excluding hydrogens is 461 g/mol. The molecular formula is C21H25F3N4O4S. The van der Waals surface area contributed by atoms with Crippen molar-refractivity contribution in [3.05, 3.63) is 23.9 Å². The molecule has 33 heavy (non-hydrogen) atoms. The lowest BCUT2D eigenvalue weighted by Gasteiger charge is -2.58. The zero-order chi connectivity index (χ0) is 23.8. The van der Waals surface area contributed by atoms with Crippen LogP contribution < -0.4 is 15.8 Å². The predicted octanol–water partition coefficient (Wildman–Crippen LogP) is 1.56. The van der Waals surface area contributed by atoms with Gasteiger partial charge in [0, 0.05) is 17.5 Å². The summed E-state index contributed by atoms with van der Waals surface area (Å²) in [5.41, 5.74) is 3.93. The van der Waals surface area contributed by atoms with Gasteiger partial charge < -0.3 is 11.1 Å². The third kappa shape index (κ3) is 4.01. The first kappa shape index (κ1) is 22.6. The van der Waals surface area contributed by atoms with Crippen molar-refractivity contribution in [2.75, 3.05) is 0 Å². The number of pyridine rings is 1. The van der Waals surface area contributed by atoms with Crippen molar-refractivity contribution in [3.8, 4) is 0 Å². The summed E-state index contributed by atoms with van der Waals surface area (Å²) in [4.78, 5) is 28.1. The minimum Gasteiger partial charge on any atom is -0.369 e. The number of aromatic nitrogens is 1. The number of nitrogens with zero attached hydrogens (tertiary/aromatic N) is 1. The molecule has 1 aromatic heterocycles. The lowest BCUT2D eigenvalue weighted by Crippen LogP contribution is -2.62. The molecule has 1 heterocycles.